The van der Waals surface area contributed by atoms with Gasteiger partial charge in [-0.05, 0) is 12.8 Å². The standard InChI is InChI=1S/C11H22N2OS/c1-3-5-6-11(14)12-7-9-13(10-8-12)15-4-2/h3,11,14H,1,4-10H2,2H3. The zero-order chi connectivity index (χ0) is 11.1. The lowest BCUT2D eigenvalue weighted by molar-refractivity contribution is -0.0172. The van der Waals surface area contributed by atoms with E-state index >= 15 is 0 Å². The zero-order valence-corrected chi connectivity index (χ0v) is 10.4. The molecule has 0 amide bonds. The molecule has 1 unspecified atom stereocenters. The van der Waals surface area contributed by atoms with Gasteiger partial charge in [0.1, 0.15) is 6.23 Å². The normalized spacial score (nSPS) is 21.5. The van der Waals surface area contributed by atoms with E-state index in [1.807, 2.05) is 18.0 Å². The highest BCUT2D eigenvalue weighted by molar-refractivity contribution is 7.96. The Labute approximate surface area is 97.3 Å². The van der Waals surface area contributed by atoms with Crippen LogP contribution in [-0.2, 0) is 0 Å². The lowest BCUT2D eigenvalue weighted by atomic mass is 10.2. The quantitative estimate of drug-likeness (QED) is 0.553. The molecule has 0 radical (unpaired) electrons. The highest BCUT2D eigenvalue weighted by Crippen LogP contribution is 2.15. The van der Waals surface area contributed by atoms with E-state index in [4.69, 9.17) is 0 Å². The van der Waals surface area contributed by atoms with Gasteiger partial charge in [0.2, 0.25) is 0 Å². The number of aliphatic hydroxyl groups excluding tert-OH is 1. The van der Waals surface area contributed by atoms with Crippen molar-refractivity contribution >= 4 is 11.9 Å². The van der Waals surface area contributed by atoms with Crippen molar-refractivity contribution < 1.29 is 5.11 Å². The van der Waals surface area contributed by atoms with Crippen LogP contribution in [0, 0.1) is 0 Å². The number of rotatable bonds is 6. The zero-order valence-electron chi connectivity index (χ0n) is 9.56. The van der Waals surface area contributed by atoms with Crippen LogP contribution in [0.2, 0.25) is 0 Å². The van der Waals surface area contributed by atoms with Crippen LogP contribution < -0.4 is 0 Å². The van der Waals surface area contributed by atoms with E-state index in [9.17, 15) is 5.11 Å². The summed E-state index contributed by atoms with van der Waals surface area (Å²) < 4.78 is 2.39. The van der Waals surface area contributed by atoms with E-state index in [-0.39, 0.29) is 6.23 Å². The first-order valence-corrected chi connectivity index (χ1v) is 6.63. The number of allylic oxidation sites excluding steroid dienone is 1. The van der Waals surface area contributed by atoms with Gasteiger partial charge in [-0.2, -0.15) is 0 Å². The second kappa shape index (κ2) is 7.28. The van der Waals surface area contributed by atoms with Crippen molar-refractivity contribution in [3.8, 4) is 0 Å². The van der Waals surface area contributed by atoms with Crippen LogP contribution in [0.1, 0.15) is 19.8 Å². The maximum atomic E-state index is 9.87. The van der Waals surface area contributed by atoms with E-state index in [0.29, 0.717) is 0 Å². The topological polar surface area (TPSA) is 26.7 Å². The molecular formula is C11H22N2OS. The summed E-state index contributed by atoms with van der Waals surface area (Å²) in [6.45, 7) is 9.92. The smallest absolute Gasteiger partial charge is 0.107 e. The van der Waals surface area contributed by atoms with Crippen LogP contribution >= 0.6 is 11.9 Å². The second-order valence-electron chi connectivity index (χ2n) is 3.73. The Balaban J connectivity index is 2.20. The first-order chi connectivity index (χ1) is 7.27. The van der Waals surface area contributed by atoms with Crippen molar-refractivity contribution in [3.63, 3.8) is 0 Å². The number of hydrogen-bond donors (Lipinski definition) is 1. The van der Waals surface area contributed by atoms with Crippen LogP contribution in [0.4, 0.5) is 0 Å². The van der Waals surface area contributed by atoms with E-state index in [1.165, 1.54) is 0 Å². The van der Waals surface area contributed by atoms with E-state index in [1.54, 1.807) is 0 Å². The molecular weight excluding hydrogens is 208 g/mol. The summed E-state index contributed by atoms with van der Waals surface area (Å²) in [5.41, 5.74) is 0. The summed E-state index contributed by atoms with van der Waals surface area (Å²) in [5.74, 6) is 1.14. The predicted octanol–water partition coefficient (Wildman–Crippen LogP) is 1.56. The lowest BCUT2D eigenvalue weighted by Gasteiger charge is -2.36. The van der Waals surface area contributed by atoms with Crippen molar-refractivity contribution in [3.05, 3.63) is 12.7 Å². The summed E-state index contributed by atoms with van der Waals surface area (Å²) >= 11 is 1.89. The van der Waals surface area contributed by atoms with Crippen molar-refractivity contribution in [2.24, 2.45) is 0 Å². The Morgan fingerprint density at radius 1 is 1.40 bits per heavy atom. The van der Waals surface area contributed by atoms with Gasteiger partial charge in [0.25, 0.3) is 0 Å². The van der Waals surface area contributed by atoms with Gasteiger partial charge in [-0.1, -0.05) is 24.9 Å². The minimum absolute atomic E-state index is 0.281. The predicted molar refractivity (Wildman–Crippen MR) is 66.7 cm³/mol. The minimum atomic E-state index is -0.281. The molecule has 0 saturated carbocycles. The molecule has 88 valence electrons. The summed E-state index contributed by atoms with van der Waals surface area (Å²) in [5, 5.41) is 9.87. The molecule has 15 heavy (non-hydrogen) atoms. The highest BCUT2D eigenvalue weighted by Gasteiger charge is 2.21. The van der Waals surface area contributed by atoms with Crippen molar-refractivity contribution in [2.45, 2.75) is 26.0 Å². The Bertz CT molecular complexity index is 181. The van der Waals surface area contributed by atoms with E-state index < -0.39 is 0 Å². The third-order valence-electron chi connectivity index (χ3n) is 2.64. The molecule has 3 nitrogen and oxygen atoms in total. The molecule has 0 aromatic rings. The number of piperazine rings is 1. The van der Waals surface area contributed by atoms with E-state index in [0.717, 1.165) is 44.8 Å². The van der Waals surface area contributed by atoms with Gasteiger partial charge in [0.05, 0.1) is 0 Å². The van der Waals surface area contributed by atoms with Gasteiger partial charge in [0.15, 0.2) is 0 Å². The maximum absolute atomic E-state index is 9.87. The molecule has 1 fully saturated rings. The fraction of sp³-hybridized carbons (Fsp3) is 0.818. The third kappa shape index (κ3) is 4.55. The van der Waals surface area contributed by atoms with Crippen LogP contribution in [0.15, 0.2) is 12.7 Å². The molecule has 1 heterocycles. The SMILES string of the molecule is C=CCCC(O)N1CCN(SCC)CC1. The molecule has 1 aliphatic rings. The molecule has 1 aliphatic heterocycles. The van der Waals surface area contributed by atoms with Crippen LogP contribution in [0.25, 0.3) is 0 Å². The Hall–Kier alpha value is -0.0300. The first kappa shape index (κ1) is 13.0. The maximum Gasteiger partial charge on any atom is 0.107 e. The average Bonchev–Trinajstić information content (AvgIpc) is 2.27. The molecule has 0 aliphatic carbocycles. The third-order valence-corrected chi connectivity index (χ3v) is 3.62. The molecule has 1 rings (SSSR count). The van der Waals surface area contributed by atoms with Crippen LogP contribution in [0.5, 0.6) is 0 Å². The fourth-order valence-electron chi connectivity index (χ4n) is 1.76. The monoisotopic (exact) mass is 230 g/mol. The molecule has 4 heteroatoms. The van der Waals surface area contributed by atoms with Crippen LogP contribution in [-0.4, -0.2) is 52.5 Å². The van der Waals surface area contributed by atoms with Crippen molar-refractivity contribution in [2.75, 3.05) is 31.9 Å². The molecule has 0 aromatic carbocycles. The van der Waals surface area contributed by atoms with Gasteiger partial charge >= 0.3 is 0 Å². The van der Waals surface area contributed by atoms with Crippen molar-refractivity contribution in [1.29, 1.82) is 0 Å². The van der Waals surface area contributed by atoms with Gasteiger partial charge in [-0.15, -0.1) is 6.58 Å². The number of hydrogen-bond acceptors (Lipinski definition) is 4. The molecule has 1 N–H and O–H groups in total. The van der Waals surface area contributed by atoms with E-state index in [2.05, 4.69) is 22.7 Å². The van der Waals surface area contributed by atoms with Gasteiger partial charge < -0.3 is 5.11 Å². The average molecular weight is 230 g/mol. The Morgan fingerprint density at radius 3 is 2.60 bits per heavy atom. The summed E-state index contributed by atoms with van der Waals surface area (Å²) in [6, 6.07) is 0. The minimum Gasteiger partial charge on any atom is -0.378 e. The summed E-state index contributed by atoms with van der Waals surface area (Å²) in [4.78, 5) is 2.16. The lowest BCUT2D eigenvalue weighted by Crippen LogP contribution is -2.48. The number of nitrogens with zero attached hydrogens (tertiary/aromatic N) is 2. The first-order valence-electron chi connectivity index (χ1n) is 5.68. The second-order valence-corrected chi connectivity index (χ2v) is 5.08. The molecule has 0 spiro atoms. The fourth-order valence-corrected chi connectivity index (χ4v) is 2.55. The van der Waals surface area contributed by atoms with Crippen molar-refractivity contribution in [1.82, 2.24) is 9.21 Å². The number of aliphatic hydroxyl groups is 1. The van der Waals surface area contributed by atoms with Gasteiger partial charge in [-0.3, -0.25) is 4.90 Å². The molecule has 0 bridgehead atoms. The Morgan fingerprint density at radius 2 is 2.07 bits per heavy atom. The molecule has 1 atom stereocenters. The Kier molecular flexibility index (Phi) is 6.32. The highest BCUT2D eigenvalue weighted by atomic mass is 32.2. The molecule has 1 saturated heterocycles. The van der Waals surface area contributed by atoms with Gasteiger partial charge in [-0.25, -0.2) is 4.31 Å². The summed E-state index contributed by atoms with van der Waals surface area (Å²) in [6.07, 6.45) is 3.29. The largest absolute Gasteiger partial charge is 0.378 e. The molecule has 0 aromatic heterocycles. The summed E-state index contributed by atoms with van der Waals surface area (Å²) in [7, 11) is 0. The van der Waals surface area contributed by atoms with Gasteiger partial charge in [0, 0.05) is 31.9 Å². The van der Waals surface area contributed by atoms with Crippen LogP contribution in [0.3, 0.4) is 0 Å².